The van der Waals surface area contributed by atoms with Crippen LogP contribution in [0, 0.1) is 13.8 Å². The fourth-order valence-electron chi connectivity index (χ4n) is 3.64. The SMILES string of the molecule is Cc1ccc(-c2nc(NC(=O)CSc3cccc(NC(=O)c4c(Cl)c(Cl)c(Cl)c(Cl)c4C(=O)O)c3)sc2C)cc1. The normalized spacial score (nSPS) is 10.8. The highest BCUT2D eigenvalue weighted by Gasteiger charge is 2.29. The fourth-order valence-corrected chi connectivity index (χ4v) is 6.26. The number of hydrogen-bond donors (Lipinski definition) is 3. The van der Waals surface area contributed by atoms with Crippen LogP contribution >= 0.6 is 69.5 Å². The molecule has 0 aliphatic carbocycles. The second-order valence-electron chi connectivity index (χ2n) is 8.42. The van der Waals surface area contributed by atoms with Gasteiger partial charge in [-0.2, -0.15) is 0 Å². The van der Waals surface area contributed by atoms with Crippen molar-refractivity contribution >= 4 is 98.1 Å². The first-order valence-corrected chi connectivity index (χ1v) is 14.8. The van der Waals surface area contributed by atoms with Crippen molar-refractivity contribution in [2.75, 3.05) is 16.4 Å². The summed E-state index contributed by atoms with van der Waals surface area (Å²) < 4.78 is 0. The number of carbonyl (C=O) groups is 3. The molecule has 0 aliphatic rings. The molecule has 3 N–H and O–H groups in total. The lowest BCUT2D eigenvalue weighted by molar-refractivity contribution is -0.113. The van der Waals surface area contributed by atoms with Crippen molar-refractivity contribution in [1.82, 2.24) is 4.98 Å². The number of rotatable bonds is 8. The number of hydrogen-bond acceptors (Lipinski definition) is 6. The molecule has 206 valence electrons. The van der Waals surface area contributed by atoms with Gasteiger partial charge in [-0.1, -0.05) is 82.3 Å². The van der Waals surface area contributed by atoms with Gasteiger partial charge in [-0.3, -0.25) is 9.59 Å². The molecule has 0 unspecified atom stereocenters. The number of carboxylic acids is 1. The smallest absolute Gasteiger partial charge is 0.338 e. The Kier molecular flexibility index (Phi) is 9.66. The largest absolute Gasteiger partial charge is 0.478 e. The van der Waals surface area contributed by atoms with Gasteiger partial charge in [0.15, 0.2) is 5.13 Å². The molecule has 0 spiro atoms. The van der Waals surface area contributed by atoms with Crippen LogP contribution < -0.4 is 10.6 Å². The highest BCUT2D eigenvalue weighted by Crippen LogP contribution is 2.42. The zero-order valence-corrected chi connectivity index (χ0v) is 25.4. The molecule has 2 amide bonds. The molecule has 0 radical (unpaired) electrons. The van der Waals surface area contributed by atoms with E-state index < -0.39 is 28.0 Å². The number of thioether (sulfide) groups is 1. The van der Waals surface area contributed by atoms with Gasteiger partial charge in [-0.05, 0) is 32.0 Å². The lowest BCUT2D eigenvalue weighted by atomic mass is 10.1. The molecule has 13 heteroatoms. The lowest BCUT2D eigenvalue weighted by Crippen LogP contribution is -2.18. The van der Waals surface area contributed by atoms with E-state index in [-0.39, 0.29) is 26.7 Å². The van der Waals surface area contributed by atoms with Crippen LogP contribution in [0.4, 0.5) is 10.8 Å². The van der Waals surface area contributed by atoms with E-state index in [1.165, 1.54) is 23.1 Å². The Hall–Kier alpha value is -2.79. The highest BCUT2D eigenvalue weighted by molar-refractivity contribution is 8.00. The Labute approximate surface area is 257 Å². The topological polar surface area (TPSA) is 108 Å². The van der Waals surface area contributed by atoms with Crippen LogP contribution in [0.2, 0.25) is 20.1 Å². The van der Waals surface area contributed by atoms with E-state index >= 15 is 0 Å². The number of halogens is 4. The maximum Gasteiger partial charge on any atom is 0.338 e. The van der Waals surface area contributed by atoms with E-state index in [0.717, 1.165) is 21.7 Å². The quantitative estimate of drug-likeness (QED) is 0.0996. The lowest BCUT2D eigenvalue weighted by Gasteiger charge is -2.14. The molecule has 3 aromatic carbocycles. The van der Waals surface area contributed by atoms with Crippen LogP contribution in [-0.2, 0) is 4.79 Å². The van der Waals surface area contributed by atoms with Gasteiger partial charge in [-0.15, -0.1) is 23.1 Å². The molecular formula is C27H19Cl4N3O4S2. The summed E-state index contributed by atoms with van der Waals surface area (Å²) in [5.41, 5.74) is 2.30. The number of carbonyl (C=O) groups excluding carboxylic acids is 2. The van der Waals surface area contributed by atoms with E-state index in [9.17, 15) is 19.5 Å². The Morgan fingerprint density at radius 1 is 0.900 bits per heavy atom. The second-order valence-corrected chi connectivity index (χ2v) is 12.2. The molecule has 0 atom stereocenters. The van der Waals surface area contributed by atoms with Gasteiger partial charge in [0, 0.05) is 21.0 Å². The first-order chi connectivity index (χ1) is 19.0. The third-order valence-corrected chi connectivity index (χ3v) is 9.22. The van der Waals surface area contributed by atoms with Crippen molar-refractivity contribution in [1.29, 1.82) is 0 Å². The molecule has 1 aromatic heterocycles. The van der Waals surface area contributed by atoms with Gasteiger partial charge >= 0.3 is 5.97 Å². The predicted octanol–water partition coefficient (Wildman–Crippen LogP) is 8.72. The summed E-state index contributed by atoms with van der Waals surface area (Å²) >= 11 is 26.9. The Morgan fingerprint density at radius 2 is 1.55 bits per heavy atom. The third-order valence-electron chi connectivity index (χ3n) is 5.54. The number of carboxylic acid groups (broad SMARTS) is 1. The monoisotopic (exact) mass is 653 g/mol. The van der Waals surface area contributed by atoms with E-state index in [0.29, 0.717) is 15.7 Å². The van der Waals surface area contributed by atoms with Gasteiger partial charge < -0.3 is 15.7 Å². The maximum absolute atomic E-state index is 13.0. The fraction of sp³-hybridized carbons (Fsp3) is 0.111. The second kappa shape index (κ2) is 12.8. The van der Waals surface area contributed by atoms with E-state index in [2.05, 4.69) is 15.6 Å². The van der Waals surface area contributed by atoms with Crippen LogP contribution in [0.25, 0.3) is 11.3 Å². The van der Waals surface area contributed by atoms with Gasteiger partial charge in [0.2, 0.25) is 5.91 Å². The summed E-state index contributed by atoms with van der Waals surface area (Å²) in [5.74, 6) is -2.49. The first-order valence-electron chi connectivity index (χ1n) is 11.4. The molecule has 7 nitrogen and oxygen atoms in total. The summed E-state index contributed by atoms with van der Waals surface area (Å²) in [7, 11) is 0. The summed E-state index contributed by atoms with van der Waals surface area (Å²) in [6.45, 7) is 3.97. The molecular weight excluding hydrogens is 636 g/mol. The van der Waals surface area contributed by atoms with Crippen LogP contribution in [0.3, 0.4) is 0 Å². The molecule has 0 saturated heterocycles. The van der Waals surface area contributed by atoms with E-state index in [1.54, 1.807) is 24.3 Å². The molecule has 0 saturated carbocycles. The number of anilines is 2. The third kappa shape index (κ3) is 6.74. The van der Waals surface area contributed by atoms with Crippen LogP contribution in [0.5, 0.6) is 0 Å². The van der Waals surface area contributed by atoms with E-state index in [1.807, 2.05) is 38.1 Å². The average Bonchev–Trinajstić information content (AvgIpc) is 3.28. The molecule has 4 rings (SSSR count). The van der Waals surface area contributed by atoms with Crippen molar-refractivity contribution in [2.24, 2.45) is 0 Å². The molecule has 40 heavy (non-hydrogen) atoms. The van der Waals surface area contributed by atoms with Crippen molar-refractivity contribution in [3.05, 3.63) is 90.2 Å². The van der Waals surface area contributed by atoms with Crippen LogP contribution in [-0.4, -0.2) is 33.6 Å². The molecule has 0 bridgehead atoms. The number of nitrogens with zero attached hydrogens (tertiary/aromatic N) is 1. The first kappa shape index (κ1) is 30.2. The van der Waals surface area contributed by atoms with Gasteiger partial charge in [0.1, 0.15) is 0 Å². The van der Waals surface area contributed by atoms with E-state index in [4.69, 9.17) is 46.4 Å². The standard InChI is InChI=1S/C27H19Cl4N3O4S2/c1-12-6-8-14(9-7-12)24-13(2)40-27(34-24)33-17(35)11-39-16-5-3-4-15(10-16)32-25(36)18-19(26(37)38)21(29)23(31)22(30)20(18)28/h3-10H,11H2,1-2H3,(H,32,36)(H,37,38)(H,33,34,35). The van der Waals surface area contributed by atoms with Crippen molar-refractivity contribution in [3.8, 4) is 11.3 Å². The summed E-state index contributed by atoms with van der Waals surface area (Å²) in [6.07, 6.45) is 0. The molecule has 0 fully saturated rings. The number of nitrogens with one attached hydrogen (secondary N) is 2. The number of amides is 2. The van der Waals surface area contributed by atoms with Crippen LogP contribution in [0.15, 0.2) is 53.4 Å². The Bertz CT molecular complexity index is 1640. The number of aromatic carboxylic acids is 1. The summed E-state index contributed by atoms with van der Waals surface area (Å²) in [4.78, 5) is 43.7. The molecule has 4 aromatic rings. The minimum absolute atomic E-state index is 0.0906. The van der Waals surface area contributed by atoms with Gasteiger partial charge in [-0.25, -0.2) is 9.78 Å². The minimum atomic E-state index is -1.49. The van der Waals surface area contributed by atoms with Gasteiger partial charge in [0.05, 0.1) is 42.7 Å². The van der Waals surface area contributed by atoms with Crippen molar-refractivity contribution < 1.29 is 19.5 Å². The van der Waals surface area contributed by atoms with Crippen LogP contribution in [0.1, 0.15) is 31.2 Å². The summed E-state index contributed by atoms with van der Waals surface area (Å²) in [6, 6.07) is 14.7. The summed E-state index contributed by atoms with van der Waals surface area (Å²) in [5, 5.41) is 14.3. The molecule has 0 aliphatic heterocycles. The minimum Gasteiger partial charge on any atom is -0.478 e. The average molecular weight is 655 g/mol. The number of thiazole rings is 1. The highest BCUT2D eigenvalue weighted by atomic mass is 35.5. The zero-order chi connectivity index (χ0) is 29.1. The number of aryl methyl sites for hydroxylation is 2. The maximum atomic E-state index is 13.0. The Balaban J connectivity index is 1.43. The molecule has 1 heterocycles. The number of aromatic nitrogens is 1. The zero-order valence-electron chi connectivity index (χ0n) is 20.8. The number of benzene rings is 3. The predicted molar refractivity (Wildman–Crippen MR) is 164 cm³/mol. The van der Waals surface area contributed by atoms with Crippen molar-refractivity contribution in [3.63, 3.8) is 0 Å². The van der Waals surface area contributed by atoms with Gasteiger partial charge in [0.25, 0.3) is 5.91 Å². The Morgan fingerprint density at radius 3 is 2.20 bits per heavy atom. The van der Waals surface area contributed by atoms with Crippen molar-refractivity contribution in [2.45, 2.75) is 18.7 Å².